The molecule has 4 heteroatoms. The maximum Gasteiger partial charge on any atom is 0.335 e. The first-order chi connectivity index (χ1) is 9.65. The van der Waals surface area contributed by atoms with Crippen molar-refractivity contribution in [3.05, 3.63) is 70.3 Å². The van der Waals surface area contributed by atoms with Crippen LogP contribution in [0.1, 0.15) is 32.6 Å². The van der Waals surface area contributed by atoms with E-state index in [2.05, 4.69) is 0 Å². The number of nitriles is 2. The van der Waals surface area contributed by atoms with Gasteiger partial charge in [0.1, 0.15) is 12.1 Å². The summed E-state index contributed by atoms with van der Waals surface area (Å²) in [5.41, 5.74) is 2.39. The number of benzene rings is 2. The van der Waals surface area contributed by atoms with Crippen LogP contribution in [0, 0.1) is 22.7 Å². The smallest absolute Gasteiger partial charge is 0.335 e. The Balaban J connectivity index is 2.41. The third-order valence-electron chi connectivity index (χ3n) is 2.95. The minimum absolute atomic E-state index is 0.206. The van der Waals surface area contributed by atoms with Crippen LogP contribution in [0.2, 0.25) is 0 Å². The Morgan fingerprint density at radius 1 is 1.10 bits per heavy atom. The molecule has 0 heterocycles. The maximum atomic E-state index is 10.9. The van der Waals surface area contributed by atoms with Gasteiger partial charge in [-0.15, -0.1) is 0 Å². The molecule has 0 unspecified atom stereocenters. The number of hydrogen-bond donors (Lipinski definition) is 1. The van der Waals surface area contributed by atoms with Gasteiger partial charge in [-0.05, 0) is 35.7 Å². The van der Waals surface area contributed by atoms with Crippen molar-refractivity contribution in [3.8, 4) is 12.1 Å². The van der Waals surface area contributed by atoms with Crippen molar-refractivity contribution < 1.29 is 9.90 Å². The molecule has 0 aromatic heterocycles. The fourth-order valence-corrected chi connectivity index (χ4v) is 2.01. The highest BCUT2D eigenvalue weighted by Crippen LogP contribution is 2.18. The largest absolute Gasteiger partial charge is 0.478 e. The van der Waals surface area contributed by atoms with E-state index in [-0.39, 0.29) is 5.56 Å². The first-order valence-electron chi connectivity index (χ1n) is 5.90. The van der Waals surface area contributed by atoms with Gasteiger partial charge in [-0.2, -0.15) is 10.5 Å². The Hall–Kier alpha value is -3.11. The summed E-state index contributed by atoms with van der Waals surface area (Å²) in [6.45, 7) is 0. The first-order valence-corrected chi connectivity index (χ1v) is 5.90. The molecular formula is C16H10N2O2. The van der Waals surface area contributed by atoms with Crippen molar-refractivity contribution in [1.82, 2.24) is 0 Å². The van der Waals surface area contributed by atoms with Gasteiger partial charge in [0.25, 0.3) is 0 Å². The van der Waals surface area contributed by atoms with E-state index in [1.165, 1.54) is 6.07 Å². The lowest BCUT2D eigenvalue weighted by atomic mass is 9.96. The number of aromatic carboxylic acids is 1. The lowest BCUT2D eigenvalue weighted by Crippen LogP contribution is -1.99. The zero-order chi connectivity index (χ0) is 14.5. The Labute approximate surface area is 116 Å². The van der Waals surface area contributed by atoms with Crippen LogP contribution < -0.4 is 0 Å². The zero-order valence-corrected chi connectivity index (χ0v) is 10.5. The number of nitrogens with zero attached hydrogens (tertiary/aromatic N) is 2. The van der Waals surface area contributed by atoms with Gasteiger partial charge in [-0.3, -0.25) is 0 Å². The highest BCUT2D eigenvalue weighted by Gasteiger charge is 2.09. The van der Waals surface area contributed by atoms with Gasteiger partial charge in [-0.1, -0.05) is 24.3 Å². The van der Waals surface area contributed by atoms with Crippen LogP contribution in [-0.4, -0.2) is 11.1 Å². The molecule has 0 spiro atoms. The van der Waals surface area contributed by atoms with Crippen molar-refractivity contribution in [2.45, 2.75) is 6.42 Å². The van der Waals surface area contributed by atoms with E-state index in [9.17, 15) is 4.79 Å². The molecule has 0 radical (unpaired) electrons. The van der Waals surface area contributed by atoms with Gasteiger partial charge in [0, 0.05) is 0 Å². The topological polar surface area (TPSA) is 84.9 Å². The second kappa shape index (κ2) is 5.69. The van der Waals surface area contributed by atoms with Crippen LogP contribution in [0.25, 0.3) is 0 Å². The van der Waals surface area contributed by atoms with Crippen LogP contribution in [0.3, 0.4) is 0 Å². The SMILES string of the molecule is N#Cc1cccc(Cc2cccc(C(=O)O)c2)c1C#N. The number of carbonyl (C=O) groups is 1. The van der Waals surface area contributed by atoms with Crippen molar-refractivity contribution in [3.63, 3.8) is 0 Å². The molecule has 2 aromatic rings. The third kappa shape index (κ3) is 2.66. The Morgan fingerprint density at radius 2 is 1.85 bits per heavy atom. The van der Waals surface area contributed by atoms with E-state index in [4.69, 9.17) is 15.6 Å². The summed E-state index contributed by atoms with van der Waals surface area (Å²) in [7, 11) is 0. The summed E-state index contributed by atoms with van der Waals surface area (Å²) < 4.78 is 0. The number of carboxylic acids is 1. The molecule has 0 aliphatic rings. The van der Waals surface area contributed by atoms with E-state index < -0.39 is 5.97 Å². The molecule has 2 rings (SSSR count). The summed E-state index contributed by atoms with van der Waals surface area (Å²) in [5, 5.41) is 27.1. The lowest BCUT2D eigenvalue weighted by molar-refractivity contribution is 0.0697. The van der Waals surface area contributed by atoms with Crippen LogP contribution in [0.4, 0.5) is 0 Å². The Morgan fingerprint density at radius 3 is 2.50 bits per heavy atom. The third-order valence-corrected chi connectivity index (χ3v) is 2.95. The monoisotopic (exact) mass is 262 g/mol. The molecule has 4 nitrogen and oxygen atoms in total. The molecule has 0 saturated carbocycles. The van der Waals surface area contributed by atoms with E-state index in [1.807, 2.05) is 12.1 Å². The molecular weight excluding hydrogens is 252 g/mol. The molecule has 96 valence electrons. The van der Waals surface area contributed by atoms with Gasteiger partial charge in [0.2, 0.25) is 0 Å². The van der Waals surface area contributed by atoms with Crippen molar-refractivity contribution >= 4 is 5.97 Å². The highest BCUT2D eigenvalue weighted by atomic mass is 16.4. The van der Waals surface area contributed by atoms with Crippen LogP contribution in [-0.2, 0) is 6.42 Å². The molecule has 0 atom stereocenters. The van der Waals surface area contributed by atoms with E-state index in [0.29, 0.717) is 23.1 Å². The zero-order valence-electron chi connectivity index (χ0n) is 10.5. The summed E-state index contributed by atoms with van der Waals surface area (Å²) >= 11 is 0. The molecule has 0 aliphatic heterocycles. The molecule has 0 amide bonds. The standard InChI is InChI=1S/C16H10N2O2/c17-9-14-6-2-4-12(15(14)10-18)7-11-3-1-5-13(8-11)16(19)20/h1-6,8H,7H2,(H,19,20). The van der Waals surface area contributed by atoms with Gasteiger partial charge in [0.05, 0.1) is 16.7 Å². The molecule has 1 N–H and O–H groups in total. The predicted molar refractivity (Wildman–Crippen MR) is 72.1 cm³/mol. The molecule has 0 bridgehead atoms. The second-order valence-electron chi connectivity index (χ2n) is 4.25. The van der Waals surface area contributed by atoms with Crippen molar-refractivity contribution in [1.29, 1.82) is 10.5 Å². The van der Waals surface area contributed by atoms with E-state index in [1.54, 1.807) is 36.4 Å². The van der Waals surface area contributed by atoms with Gasteiger partial charge < -0.3 is 5.11 Å². The van der Waals surface area contributed by atoms with Gasteiger partial charge >= 0.3 is 5.97 Å². The fraction of sp³-hybridized carbons (Fsp3) is 0.0625. The average molecular weight is 262 g/mol. The number of rotatable bonds is 3. The summed E-state index contributed by atoms with van der Waals surface area (Å²) in [6, 6.07) is 15.7. The van der Waals surface area contributed by atoms with E-state index in [0.717, 1.165) is 5.56 Å². The minimum atomic E-state index is -0.988. The maximum absolute atomic E-state index is 10.9. The first kappa shape index (κ1) is 13.3. The molecule has 0 aliphatic carbocycles. The minimum Gasteiger partial charge on any atom is -0.478 e. The normalized spacial score (nSPS) is 9.50. The van der Waals surface area contributed by atoms with Gasteiger partial charge in [-0.25, -0.2) is 4.79 Å². The number of carboxylic acid groups (broad SMARTS) is 1. The van der Waals surface area contributed by atoms with Crippen LogP contribution in [0.15, 0.2) is 42.5 Å². The average Bonchev–Trinajstić information content (AvgIpc) is 2.47. The molecule has 0 fully saturated rings. The van der Waals surface area contributed by atoms with Crippen molar-refractivity contribution in [2.24, 2.45) is 0 Å². The van der Waals surface area contributed by atoms with Gasteiger partial charge in [0.15, 0.2) is 0 Å². The fourth-order valence-electron chi connectivity index (χ4n) is 2.01. The second-order valence-corrected chi connectivity index (χ2v) is 4.25. The Kier molecular flexibility index (Phi) is 3.79. The van der Waals surface area contributed by atoms with Crippen LogP contribution >= 0.6 is 0 Å². The number of hydrogen-bond acceptors (Lipinski definition) is 3. The molecule has 2 aromatic carbocycles. The summed E-state index contributed by atoms with van der Waals surface area (Å²) in [5.74, 6) is -0.988. The lowest BCUT2D eigenvalue weighted by Gasteiger charge is -2.06. The quantitative estimate of drug-likeness (QED) is 0.921. The Bertz CT molecular complexity index is 752. The molecule has 20 heavy (non-hydrogen) atoms. The predicted octanol–water partition coefficient (Wildman–Crippen LogP) is 2.72. The highest BCUT2D eigenvalue weighted by molar-refractivity contribution is 5.87. The van der Waals surface area contributed by atoms with E-state index >= 15 is 0 Å². The van der Waals surface area contributed by atoms with Crippen LogP contribution in [0.5, 0.6) is 0 Å². The molecule has 0 saturated heterocycles. The summed E-state index contributed by atoms with van der Waals surface area (Å²) in [4.78, 5) is 10.9. The van der Waals surface area contributed by atoms with Crippen molar-refractivity contribution in [2.75, 3.05) is 0 Å². The summed E-state index contributed by atoms with van der Waals surface area (Å²) in [6.07, 6.45) is 0.416.